The van der Waals surface area contributed by atoms with Crippen LogP contribution in [0.5, 0.6) is 5.75 Å². The summed E-state index contributed by atoms with van der Waals surface area (Å²) in [6, 6.07) is 14.9. The third-order valence-corrected chi connectivity index (χ3v) is 5.37. The molecule has 2 aromatic rings. The number of halogens is 3. The Kier molecular flexibility index (Phi) is 8.10. The molecule has 1 fully saturated rings. The number of ether oxygens (including phenoxy) is 1. The van der Waals surface area contributed by atoms with Crippen LogP contribution in [0.25, 0.3) is 0 Å². The van der Waals surface area contributed by atoms with E-state index in [1.54, 1.807) is 0 Å². The molecule has 9 heteroatoms. The highest BCUT2D eigenvalue weighted by Crippen LogP contribution is 2.24. The number of anilines is 1. The van der Waals surface area contributed by atoms with Gasteiger partial charge in [0.25, 0.3) is 0 Å². The van der Waals surface area contributed by atoms with E-state index in [-0.39, 0.29) is 5.69 Å². The van der Waals surface area contributed by atoms with E-state index in [4.69, 9.17) is 0 Å². The summed E-state index contributed by atoms with van der Waals surface area (Å²) in [7, 11) is 0. The highest BCUT2D eigenvalue weighted by molar-refractivity contribution is 6.39. The van der Waals surface area contributed by atoms with Crippen LogP contribution in [0, 0.1) is 5.92 Å². The molecule has 0 radical (unpaired) electrons. The molecule has 0 aromatic heterocycles. The van der Waals surface area contributed by atoms with E-state index in [1.807, 2.05) is 18.2 Å². The van der Waals surface area contributed by atoms with Gasteiger partial charge in [-0.3, -0.25) is 9.59 Å². The number of nitrogens with zero attached hydrogens (tertiary/aromatic N) is 1. The Hall–Kier alpha value is -3.07. The second-order valence-corrected chi connectivity index (χ2v) is 7.76. The maximum atomic E-state index is 12.2. The van der Waals surface area contributed by atoms with Gasteiger partial charge >= 0.3 is 18.2 Å². The Balaban J connectivity index is 1.34. The number of benzene rings is 2. The first-order valence-electron chi connectivity index (χ1n) is 10.5. The van der Waals surface area contributed by atoms with E-state index in [9.17, 15) is 22.8 Å². The minimum absolute atomic E-state index is 0.200. The number of piperidine rings is 1. The zero-order chi connectivity index (χ0) is 23.0. The molecule has 1 aliphatic heterocycles. The van der Waals surface area contributed by atoms with Crippen molar-refractivity contribution in [3.05, 3.63) is 60.2 Å². The summed E-state index contributed by atoms with van der Waals surface area (Å²) in [5.74, 6) is -1.74. The van der Waals surface area contributed by atoms with Gasteiger partial charge in [0.2, 0.25) is 0 Å². The van der Waals surface area contributed by atoms with Crippen LogP contribution >= 0.6 is 0 Å². The molecule has 0 unspecified atom stereocenters. The number of nitrogens with one attached hydrogen (secondary N) is 2. The maximum absolute atomic E-state index is 12.2. The van der Waals surface area contributed by atoms with Crippen molar-refractivity contribution < 1.29 is 27.5 Å². The van der Waals surface area contributed by atoms with Gasteiger partial charge in [0, 0.05) is 18.8 Å². The fourth-order valence-corrected chi connectivity index (χ4v) is 3.59. The van der Waals surface area contributed by atoms with Gasteiger partial charge in [-0.2, -0.15) is 0 Å². The quantitative estimate of drug-likeness (QED) is 0.634. The Bertz CT molecular complexity index is 881. The van der Waals surface area contributed by atoms with Crippen molar-refractivity contribution in [3.8, 4) is 5.75 Å². The fourth-order valence-electron chi connectivity index (χ4n) is 3.59. The molecule has 172 valence electrons. The number of rotatable bonds is 7. The van der Waals surface area contributed by atoms with Crippen LogP contribution in [0.15, 0.2) is 54.6 Å². The lowest BCUT2D eigenvalue weighted by atomic mass is 9.96. The summed E-state index contributed by atoms with van der Waals surface area (Å²) in [6.07, 6.45) is -1.90. The predicted octanol–water partition coefficient (Wildman–Crippen LogP) is 3.59. The Morgan fingerprint density at radius 2 is 1.62 bits per heavy atom. The molecule has 0 spiro atoms. The SMILES string of the molecule is O=C(NCC1CCN(CCc2ccccc2)CC1)C(=O)Nc1ccc(OC(F)(F)F)cc1. The molecule has 0 atom stereocenters. The smallest absolute Gasteiger partial charge is 0.406 e. The van der Waals surface area contributed by atoms with Gasteiger partial charge in [-0.15, -0.1) is 13.2 Å². The van der Waals surface area contributed by atoms with Crippen molar-refractivity contribution in [2.75, 3.05) is 31.5 Å². The summed E-state index contributed by atoms with van der Waals surface area (Å²) in [6.45, 7) is 3.31. The number of amides is 2. The average molecular weight is 449 g/mol. The van der Waals surface area contributed by atoms with Crippen LogP contribution < -0.4 is 15.4 Å². The van der Waals surface area contributed by atoms with Gasteiger partial charge in [-0.25, -0.2) is 0 Å². The fraction of sp³-hybridized carbons (Fsp3) is 0.391. The molecule has 3 rings (SSSR count). The van der Waals surface area contributed by atoms with Gasteiger partial charge in [-0.05, 0) is 68.1 Å². The molecule has 0 aliphatic carbocycles. The second kappa shape index (κ2) is 11.0. The number of alkyl halides is 3. The van der Waals surface area contributed by atoms with Gasteiger partial charge in [0.1, 0.15) is 5.75 Å². The molecule has 1 saturated heterocycles. The molecule has 0 saturated carbocycles. The average Bonchev–Trinajstić information content (AvgIpc) is 2.78. The third kappa shape index (κ3) is 7.88. The second-order valence-electron chi connectivity index (χ2n) is 7.76. The lowest BCUT2D eigenvalue weighted by molar-refractivity contribution is -0.274. The Morgan fingerprint density at radius 1 is 0.969 bits per heavy atom. The molecule has 2 aromatic carbocycles. The van der Waals surface area contributed by atoms with Crippen LogP contribution in [-0.2, 0) is 16.0 Å². The highest BCUT2D eigenvalue weighted by atomic mass is 19.4. The molecule has 6 nitrogen and oxygen atoms in total. The first-order chi connectivity index (χ1) is 15.3. The normalized spacial score (nSPS) is 15.2. The van der Waals surface area contributed by atoms with Crippen LogP contribution in [0.2, 0.25) is 0 Å². The minimum Gasteiger partial charge on any atom is -0.406 e. The monoisotopic (exact) mass is 449 g/mol. The van der Waals surface area contributed by atoms with Gasteiger partial charge in [-0.1, -0.05) is 30.3 Å². The number of carbonyl (C=O) groups is 2. The summed E-state index contributed by atoms with van der Waals surface area (Å²) >= 11 is 0. The highest BCUT2D eigenvalue weighted by Gasteiger charge is 2.31. The summed E-state index contributed by atoms with van der Waals surface area (Å²) in [5.41, 5.74) is 1.52. The number of carbonyl (C=O) groups excluding carboxylic acids is 2. The molecule has 1 heterocycles. The minimum atomic E-state index is -4.79. The van der Waals surface area contributed by atoms with Crippen molar-refractivity contribution in [1.29, 1.82) is 0 Å². The number of likely N-dealkylation sites (tertiary alicyclic amines) is 1. The molecular formula is C23H26F3N3O3. The van der Waals surface area contributed by atoms with Crippen LogP contribution in [0.1, 0.15) is 18.4 Å². The molecule has 0 bridgehead atoms. The summed E-state index contributed by atoms with van der Waals surface area (Å²) in [5, 5.41) is 5.01. The van der Waals surface area contributed by atoms with E-state index in [0.717, 1.165) is 51.0 Å². The van der Waals surface area contributed by atoms with Crippen LogP contribution in [0.4, 0.5) is 18.9 Å². The van der Waals surface area contributed by atoms with Gasteiger partial charge in [0.15, 0.2) is 0 Å². The lowest BCUT2D eigenvalue weighted by Gasteiger charge is -2.32. The maximum Gasteiger partial charge on any atom is 0.573 e. The Labute approximate surface area is 184 Å². The first kappa shape index (κ1) is 23.6. The predicted molar refractivity (Wildman–Crippen MR) is 114 cm³/mol. The van der Waals surface area contributed by atoms with Crippen molar-refractivity contribution in [1.82, 2.24) is 10.2 Å². The van der Waals surface area contributed by atoms with E-state index in [1.165, 1.54) is 17.7 Å². The van der Waals surface area contributed by atoms with Gasteiger partial charge < -0.3 is 20.3 Å². The first-order valence-corrected chi connectivity index (χ1v) is 10.5. The molecular weight excluding hydrogens is 423 g/mol. The van der Waals surface area contributed by atoms with E-state index < -0.39 is 23.9 Å². The molecule has 2 amide bonds. The van der Waals surface area contributed by atoms with Crippen molar-refractivity contribution in [2.45, 2.75) is 25.6 Å². The van der Waals surface area contributed by atoms with Gasteiger partial charge in [0.05, 0.1) is 0 Å². The molecule has 1 aliphatic rings. The third-order valence-electron chi connectivity index (χ3n) is 5.37. The largest absolute Gasteiger partial charge is 0.573 e. The molecule has 2 N–H and O–H groups in total. The van der Waals surface area contributed by atoms with E-state index >= 15 is 0 Å². The zero-order valence-electron chi connectivity index (χ0n) is 17.5. The Morgan fingerprint density at radius 3 is 2.25 bits per heavy atom. The number of hydrogen-bond acceptors (Lipinski definition) is 4. The van der Waals surface area contributed by atoms with E-state index in [0.29, 0.717) is 12.5 Å². The lowest BCUT2D eigenvalue weighted by Crippen LogP contribution is -2.42. The van der Waals surface area contributed by atoms with Crippen molar-refractivity contribution >= 4 is 17.5 Å². The van der Waals surface area contributed by atoms with Crippen molar-refractivity contribution in [2.24, 2.45) is 5.92 Å². The standard InChI is InChI=1S/C23H26F3N3O3/c24-23(25,26)32-20-8-6-19(7-9-20)28-22(31)21(30)27-16-18-11-14-29(15-12-18)13-10-17-4-2-1-3-5-17/h1-9,18H,10-16H2,(H,27,30)(H,28,31). The topological polar surface area (TPSA) is 70.7 Å². The van der Waals surface area contributed by atoms with Crippen LogP contribution in [-0.4, -0.2) is 49.3 Å². The number of hydrogen-bond donors (Lipinski definition) is 2. The zero-order valence-corrected chi connectivity index (χ0v) is 17.5. The van der Waals surface area contributed by atoms with Crippen molar-refractivity contribution in [3.63, 3.8) is 0 Å². The summed E-state index contributed by atoms with van der Waals surface area (Å²) < 4.78 is 40.3. The summed E-state index contributed by atoms with van der Waals surface area (Å²) in [4.78, 5) is 26.5. The van der Waals surface area contributed by atoms with E-state index in [2.05, 4.69) is 32.4 Å². The van der Waals surface area contributed by atoms with Crippen LogP contribution in [0.3, 0.4) is 0 Å². The molecule has 32 heavy (non-hydrogen) atoms.